The van der Waals surface area contributed by atoms with Gasteiger partial charge in [-0.15, -0.1) is 0 Å². The van der Waals surface area contributed by atoms with Crippen LogP contribution in [0.1, 0.15) is 0 Å². The van der Waals surface area contributed by atoms with E-state index in [9.17, 15) is 13.2 Å². The molecule has 1 N–H and O–H groups in total. The predicted octanol–water partition coefficient (Wildman–Crippen LogP) is 1.15. The lowest BCUT2D eigenvalue weighted by molar-refractivity contribution is -0.138. The number of benzene rings is 1. The molecule has 0 aliphatic rings. The van der Waals surface area contributed by atoms with Crippen LogP contribution < -0.4 is 0 Å². The van der Waals surface area contributed by atoms with Crippen LogP contribution in [0.15, 0.2) is 29.2 Å². The molecule has 0 saturated carbocycles. The standard InChI is InChI=1S/C13H18ClNO5S/c1-20-8-6-15(10-13(16)17)7-9-21(18,19)12-4-2-11(14)3-5-12/h2-5H,6-10H2,1H3,(H,16,17). The van der Waals surface area contributed by atoms with Crippen LogP contribution in [0.2, 0.25) is 5.02 Å². The van der Waals surface area contributed by atoms with Crippen LogP contribution in [0.4, 0.5) is 0 Å². The first kappa shape index (κ1) is 17.9. The van der Waals surface area contributed by atoms with Gasteiger partial charge in [-0.3, -0.25) is 9.69 Å². The summed E-state index contributed by atoms with van der Waals surface area (Å²) in [6.45, 7) is 0.604. The molecule has 6 nitrogen and oxygen atoms in total. The minimum atomic E-state index is -3.47. The van der Waals surface area contributed by atoms with E-state index in [-0.39, 0.29) is 23.7 Å². The van der Waals surface area contributed by atoms with Crippen LogP contribution >= 0.6 is 11.6 Å². The lowest BCUT2D eigenvalue weighted by atomic mass is 10.4. The van der Waals surface area contributed by atoms with Gasteiger partial charge in [-0.2, -0.15) is 0 Å². The maximum absolute atomic E-state index is 12.2. The predicted molar refractivity (Wildman–Crippen MR) is 79.5 cm³/mol. The number of halogens is 1. The highest BCUT2D eigenvalue weighted by atomic mass is 35.5. The first-order valence-electron chi connectivity index (χ1n) is 6.26. The number of rotatable bonds is 9. The van der Waals surface area contributed by atoms with E-state index in [1.165, 1.54) is 36.3 Å². The minimum absolute atomic E-state index is 0.126. The van der Waals surface area contributed by atoms with Crippen LogP contribution in [0.5, 0.6) is 0 Å². The van der Waals surface area contributed by atoms with Crippen molar-refractivity contribution in [3.8, 4) is 0 Å². The molecule has 0 unspecified atom stereocenters. The van der Waals surface area contributed by atoms with Crippen molar-refractivity contribution < 1.29 is 23.1 Å². The van der Waals surface area contributed by atoms with Crippen LogP contribution in [0.25, 0.3) is 0 Å². The molecule has 1 aromatic carbocycles. The third-order valence-corrected chi connectivity index (χ3v) is 4.78. The number of sulfone groups is 1. The molecule has 0 heterocycles. The molecule has 118 valence electrons. The van der Waals surface area contributed by atoms with Crippen molar-refractivity contribution in [3.05, 3.63) is 29.3 Å². The first-order valence-corrected chi connectivity index (χ1v) is 8.29. The van der Waals surface area contributed by atoms with Gasteiger partial charge in [-0.25, -0.2) is 8.42 Å². The van der Waals surface area contributed by atoms with Crippen molar-refractivity contribution >= 4 is 27.4 Å². The zero-order chi connectivity index (χ0) is 15.9. The highest BCUT2D eigenvalue weighted by Crippen LogP contribution is 2.15. The first-order chi connectivity index (χ1) is 9.85. The summed E-state index contributed by atoms with van der Waals surface area (Å²) in [5, 5.41) is 9.27. The number of ether oxygens (including phenoxy) is 1. The number of methoxy groups -OCH3 is 1. The van der Waals surface area contributed by atoms with Gasteiger partial charge in [-0.05, 0) is 24.3 Å². The Kier molecular flexibility index (Phi) is 7.10. The summed E-state index contributed by atoms with van der Waals surface area (Å²) in [7, 11) is -1.96. The van der Waals surface area contributed by atoms with Gasteiger partial charge in [0, 0.05) is 25.2 Å². The molecule has 0 atom stereocenters. The second-order valence-electron chi connectivity index (χ2n) is 4.44. The van der Waals surface area contributed by atoms with Crippen LogP contribution in [0, 0.1) is 0 Å². The van der Waals surface area contributed by atoms with Gasteiger partial charge in [0.25, 0.3) is 0 Å². The quantitative estimate of drug-likeness (QED) is 0.728. The van der Waals surface area contributed by atoms with Crippen molar-refractivity contribution in [1.82, 2.24) is 4.90 Å². The number of carboxylic acid groups (broad SMARTS) is 1. The Balaban J connectivity index is 2.68. The zero-order valence-electron chi connectivity index (χ0n) is 11.7. The zero-order valence-corrected chi connectivity index (χ0v) is 13.2. The average molecular weight is 336 g/mol. The summed E-state index contributed by atoms with van der Waals surface area (Å²) < 4.78 is 29.2. The topological polar surface area (TPSA) is 83.9 Å². The van der Waals surface area contributed by atoms with Crippen LogP contribution in [0.3, 0.4) is 0 Å². The van der Waals surface area contributed by atoms with Crippen LogP contribution in [-0.2, 0) is 19.4 Å². The maximum atomic E-state index is 12.2. The fraction of sp³-hybridized carbons (Fsp3) is 0.462. The van der Waals surface area contributed by atoms with E-state index in [1.807, 2.05) is 0 Å². The molecule has 0 amide bonds. The molecule has 0 bridgehead atoms. The van der Waals surface area contributed by atoms with Crippen molar-refractivity contribution in [1.29, 1.82) is 0 Å². The Morgan fingerprint density at radius 1 is 1.29 bits per heavy atom. The molecule has 0 saturated heterocycles. The maximum Gasteiger partial charge on any atom is 0.317 e. The fourth-order valence-corrected chi connectivity index (χ4v) is 3.10. The van der Waals surface area contributed by atoms with Gasteiger partial charge in [0.15, 0.2) is 9.84 Å². The number of aliphatic carboxylic acids is 1. The normalized spacial score (nSPS) is 11.8. The molecule has 21 heavy (non-hydrogen) atoms. The van der Waals surface area contributed by atoms with E-state index in [0.717, 1.165) is 0 Å². The Morgan fingerprint density at radius 2 is 1.90 bits per heavy atom. The second-order valence-corrected chi connectivity index (χ2v) is 6.98. The fourth-order valence-electron chi connectivity index (χ4n) is 1.69. The summed E-state index contributed by atoms with van der Waals surface area (Å²) in [5.41, 5.74) is 0. The highest BCUT2D eigenvalue weighted by molar-refractivity contribution is 7.91. The second kappa shape index (κ2) is 8.33. The molecule has 0 spiro atoms. The number of hydrogen-bond donors (Lipinski definition) is 1. The van der Waals surface area contributed by atoms with Crippen molar-refractivity contribution in [3.63, 3.8) is 0 Å². The summed E-state index contributed by atoms with van der Waals surface area (Å²) in [5.74, 6) is -1.17. The summed E-state index contributed by atoms with van der Waals surface area (Å²) in [6, 6.07) is 5.89. The van der Waals surface area contributed by atoms with Crippen molar-refractivity contribution in [2.45, 2.75) is 4.90 Å². The number of nitrogens with zero attached hydrogens (tertiary/aromatic N) is 1. The van der Waals surface area contributed by atoms with Gasteiger partial charge in [0.05, 0.1) is 23.8 Å². The lowest BCUT2D eigenvalue weighted by Crippen LogP contribution is -2.36. The number of carbonyl (C=O) groups is 1. The Labute approximate surface area is 129 Å². The summed E-state index contributed by atoms with van der Waals surface area (Å²) in [4.78, 5) is 12.5. The molecule has 0 aromatic heterocycles. The van der Waals surface area contributed by atoms with E-state index in [1.54, 1.807) is 0 Å². The number of carboxylic acids is 1. The van der Waals surface area contributed by atoms with Crippen molar-refractivity contribution in [2.24, 2.45) is 0 Å². The van der Waals surface area contributed by atoms with Crippen LogP contribution in [-0.4, -0.2) is 63.5 Å². The molecule has 0 radical (unpaired) electrons. The van der Waals surface area contributed by atoms with Crippen molar-refractivity contribution in [2.75, 3.05) is 39.1 Å². The van der Waals surface area contributed by atoms with Gasteiger partial charge < -0.3 is 9.84 Å². The molecular weight excluding hydrogens is 318 g/mol. The lowest BCUT2D eigenvalue weighted by Gasteiger charge is -2.19. The largest absolute Gasteiger partial charge is 0.480 e. The molecule has 0 aliphatic carbocycles. The van der Waals surface area contributed by atoms with Gasteiger partial charge in [-0.1, -0.05) is 11.6 Å². The summed E-state index contributed by atoms with van der Waals surface area (Å²) in [6.07, 6.45) is 0. The third kappa shape index (κ3) is 6.43. The molecule has 1 aromatic rings. The smallest absolute Gasteiger partial charge is 0.317 e. The van der Waals surface area contributed by atoms with Gasteiger partial charge >= 0.3 is 5.97 Å². The van der Waals surface area contributed by atoms with Gasteiger partial charge in [0.2, 0.25) is 0 Å². The molecule has 1 rings (SSSR count). The molecule has 8 heteroatoms. The highest BCUT2D eigenvalue weighted by Gasteiger charge is 2.17. The minimum Gasteiger partial charge on any atom is -0.480 e. The monoisotopic (exact) mass is 335 g/mol. The SMILES string of the molecule is COCCN(CCS(=O)(=O)c1ccc(Cl)cc1)CC(=O)O. The Hall–Kier alpha value is -1.15. The van der Waals surface area contributed by atoms with E-state index < -0.39 is 15.8 Å². The van der Waals surface area contributed by atoms with E-state index in [0.29, 0.717) is 18.2 Å². The number of hydrogen-bond acceptors (Lipinski definition) is 5. The third-order valence-electron chi connectivity index (χ3n) is 2.82. The van der Waals surface area contributed by atoms with E-state index >= 15 is 0 Å². The molecule has 0 aliphatic heterocycles. The Bertz CT molecular complexity index is 558. The molecular formula is C13H18ClNO5S. The van der Waals surface area contributed by atoms with E-state index in [2.05, 4.69) is 0 Å². The molecule has 0 fully saturated rings. The Morgan fingerprint density at radius 3 is 2.43 bits per heavy atom. The average Bonchev–Trinajstić information content (AvgIpc) is 2.42. The summed E-state index contributed by atoms with van der Waals surface area (Å²) >= 11 is 5.72. The van der Waals surface area contributed by atoms with Gasteiger partial charge in [0.1, 0.15) is 0 Å². The van der Waals surface area contributed by atoms with E-state index in [4.69, 9.17) is 21.4 Å².